The topological polar surface area (TPSA) is 99.1 Å². The number of amides is 2. The second-order valence-corrected chi connectivity index (χ2v) is 9.68. The molecule has 33 heavy (non-hydrogen) atoms. The fraction of sp³-hybridized carbons (Fsp3) is 0.462. The van der Waals surface area contributed by atoms with Crippen LogP contribution in [0.2, 0.25) is 0 Å². The molecule has 2 amide bonds. The van der Waals surface area contributed by atoms with Crippen molar-refractivity contribution in [1.29, 1.82) is 0 Å². The third-order valence-electron chi connectivity index (χ3n) is 6.42. The third kappa shape index (κ3) is 5.66. The number of nitrogens with one attached hydrogen (secondary N) is 1. The SMILES string of the molecule is Cc1ccc(CN2C(=O)NC(C)(CCCc3ccc(OC(C)(C)C(=O)O)cc3)C2O)cc1C. The number of hydrogen-bond acceptors (Lipinski definition) is 4. The molecule has 7 nitrogen and oxygen atoms in total. The number of carbonyl (C=O) groups is 2. The van der Waals surface area contributed by atoms with Gasteiger partial charge in [0.25, 0.3) is 0 Å². The number of hydrogen-bond donors (Lipinski definition) is 3. The van der Waals surface area contributed by atoms with E-state index in [0.717, 1.165) is 29.5 Å². The van der Waals surface area contributed by atoms with Crippen molar-refractivity contribution >= 4 is 12.0 Å². The van der Waals surface area contributed by atoms with E-state index in [1.54, 1.807) is 12.1 Å². The molecule has 1 fully saturated rings. The maximum absolute atomic E-state index is 12.6. The number of nitrogens with zero attached hydrogens (tertiary/aromatic N) is 1. The van der Waals surface area contributed by atoms with Crippen molar-refractivity contribution in [3.8, 4) is 5.75 Å². The number of carbonyl (C=O) groups excluding carboxylic acids is 1. The second-order valence-electron chi connectivity index (χ2n) is 9.68. The monoisotopic (exact) mass is 454 g/mol. The van der Waals surface area contributed by atoms with Gasteiger partial charge in [-0.05, 0) is 88.3 Å². The van der Waals surface area contributed by atoms with Crippen LogP contribution in [0.1, 0.15) is 55.9 Å². The highest BCUT2D eigenvalue weighted by molar-refractivity contribution is 5.78. The van der Waals surface area contributed by atoms with Gasteiger partial charge in [0.2, 0.25) is 0 Å². The Morgan fingerprint density at radius 2 is 1.76 bits per heavy atom. The minimum atomic E-state index is -1.30. The van der Waals surface area contributed by atoms with E-state index in [9.17, 15) is 19.8 Å². The maximum atomic E-state index is 12.6. The van der Waals surface area contributed by atoms with Crippen molar-refractivity contribution in [2.24, 2.45) is 0 Å². The van der Waals surface area contributed by atoms with Crippen LogP contribution in [0.5, 0.6) is 5.75 Å². The molecule has 0 aliphatic carbocycles. The van der Waals surface area contributed by atoms with Crippen molar-refractivity contribution in [3.05, 3.63) is 64.7 Å². The number of rotatable bonds is 9. The summed E-state index contributed by atoms with van der Waals surface area (Å²) >= 11 is 0. The van der Waals surface area contributed by atoms with E-state index in [-0.39, 0.29) is 6.03 Å². The summed E-state index contributed by atoms with van der Waals surface area (Å²) in [6.45, 7) is 9.34. The van der Waals surface area contributed by atoms with Crippen LogP contribution in [0.3, 0.4) is 0 Å². The average Bonchev–Trinajstić information content (AvgIpc) is 2.95. The van der Waals surface area contributed by atoms with Crippen LogP contribution in [-0.2, 0) is 17.8 Å². The lowest BCUT2D eigenvalue weighted by Crippen LogP contribution is -2.47. The molecule has 3 rings (SSSR count). The first-order valence-electron chi connectivity index (χ1n) is 11.3. The van der Waals surface area contributed by atoms with Gasteiger partial charge in [0.1, 0.15) is 5.75 Å². The highest BCUT2D eigenvalue weighted by Gasteiger charge is 2.46. The van der Waals surface area contributed by atoms with Gasteiger partial charge in [-0.3, -0.25) is 4.90 Å². The number of aryl methyl sites for hydroxylation is 3. The van der Waals surface area contributed by atoms with Crippen LogP contribution < -0.4 is 10.1 Å². The molecule has 0 spiro atoms. The number of ether oxygens (including phenoxy) is 1. The normalized spacial score (nSPS) is 20.6. The molecule has 0 saturated carbocycles. The van der Waals surface area contributed by atoms with Gasteiger partial charge in [-0.2, -0.15) is 0 Å². The molecular weight excluding hydrogens is 420 g/mol. The van der Waals surface area contributed by atoms with Gasteiger partial charge in [-0.1, -0.05) is 30.3 Å². The minimum absolute atomic E-state index is 0.259. The lowest BCUT2D eigenvalue weighted by molar-refractivity contribution is -0.152. The van der Waals surface area contributed by atoms with E-state index < -0.39 is 23.3 Å². The summed E-state index contributed by atoms with van der Waals surface area (Å²) in [4.78, 5) is 25.3. The maximum Gasteiger partial charge on any atom is 0.347 e. The predicted octanol–water partition coefficient (Wildman–Crippen LogP) is 4.17. The van der Waals surface area contributed by atoms with Crippen molar-refractivity contribution in [2.45, 2.75) is 77.8 Å². The molecule has 178 valence electrons. The zero-order valence-corrected chi connectivity index (χ0v) is 20.0. The Kier molecular flexibility index (Phi) is 7.03. The highest BCUT2D eigenvalue weighted by Crippen LogP contribution is 2.29. The van der Waals surface area contributed by atoms with E-state index in [1.807, 2.05) is 45.0 Å². The van der Waals surface area contributed by atoms with Crippen LogP contribution in [-0.4, -0.2) is 44.5 Å². The van der Waals surface area contributed by atoms with Crippen LogP contribution >= 0.6 is 0 Å². The summed E-state index contributed by atoms with van der Waals surface area (Å²) < 4.78 is 5.53. The number of carboxylic acids is 1. The van der Waals surface area contributed by atoms with Crippen molar-refractivity contribution in [3.63, 3.8) is 0 Å². The Hall–Kier alpha value is -3.06. The molecule has 0 radical (unpaired) electrons. The van der Waals surface area contributed by atoms with Gasteiger partial charge < -0.3 is 20.3 Å². The van der Waals surface area contributed by atoms with Crippen molar-refractivity contribution < 1.29 is 24.5 Å². The molecule has 2 aromatic rings. The van der Waals surface area contributed by atoms with Crippen LogP contribution in [0, 0.1) is 13.8 Å². The molecule has 0 aromatic heterocycles. The molecule has 0 bridgehead atoms. The Morgan fingerprint density at radius 3 is 2.36 bits per heavy atom. The first-order valence-corrected chi connectivity index (χ1v) is 11.3. The Bertz CT molecular complexity index is 1020. The van der Waals surface area contributed by atoms with E-state index in [0.29, 0.717) is 18.7 Å². The summed E-state index contributed by atoms with van der Waals surface area (Å²) in [7, 11) is 0. The summed E-state index contributed by atoms with van der Waals surface area (Å²) in [6.07, 6.45) is 1.23. The van der Waals surface area contributed by atoms with Crippen molar-refractivity contribution in [2.75, 3.05) is 0 Å². The first kappa shape index (κ1) is 24.6. The van der Waals surface area contributed by atoms with Crippen LogP contribution in [0.4, 0.5) is 4.79 Å². The second kappa shape index (κ2) is 9.43. The van der Waals surface area contributed by atoms with Gasteiger partial charge in [0, 0.05) is 0 Å². The zero-order valence-electron chi connectivity index (χ0n) is 20.0. The Balaban J connectivity index is 1.56. The Labute approximate surface area is 195 Å². The van der Waals surface area contributed by atoms with Crippen molar-refractivity contribution in [1.82, 2.24) is 10.2 Å². The van der Waals surface area contributed by atoms with Gasteiger partial charge >= 0.3 is 12.0 Å². The summed E-state index contributed by atoms with van der Waals surface area (Å²) in [5, 5.41) is 23.1. The Morgan fingerprint density at radius 1 is 1.12 bits per heavy atom. The number of aliphatic hydroxyl groups excluding tert-OH is 1. The van der Waals surface area contributed by atoms with Gasteiger partial charge in [0.05, 0.1) is 12.1 Å². The fourth-order valence-electron chi connectivity index (χ4n) is 4.01. The molecule has 1 aliphatic rings. The van der Waals surface area contributed by atoms with Crippen LogP contribution in [0.25, 0.3) is 0 Å². The summed E-state index contributed by atoms with van der Waals surface area (Å²) in [6, 6.07) is 13.2. The smallest absolute Gasteiger partial charge is 0.347 e. The number of urea groups is 1. The van der Waals surface area contributed by atoms with E-state index in [4.69, 9.17) is 4.74 Å². The van der Waals surface area contributed by atoms with E-state index in [1.165, 1.54) is 24.3 Å². The zero-order chi connectivity index (χ0) is 24.4. The minimum Gasteiger partial charge on any atom is -0.478 e. The lowest BCUT2D eigenvalue weighted by Gasteiger charge is -2.30. The van der Waals surface area contributed by atoms with E-state index in [2.05, 4.69) is 11.4 Å². The van der Waals surface area contributed by atoms with Gasteiger partial charge in [-0.25, -0.2) is 9.59 Å². The standard InChI is InChI=1S/C26H34N2O5/c1-17-8-9-20(15-18(17)2)16-28-22(29)26(5,27-24(28)32)14-6-7-19-10-12-21(13-11-19)33-25(3,4)23(30)31/h8-13,15,22,29H,6-7,14,16H2,1-5H3,(H,27,32)(H,30,31). The molecule has 1 heterocycles. The summed E-state index contributed by atoms with van der Waals surface area (Å²) in [5.41, 5.74) is 2.39. The van der Waals surface area contributed by atoms with Gasteiger partial charge in [0.15, 0.2) is 11.8 Å². The molecule has 1 saturated heterocycles. The van der Waals surface area contributed by atoms with Gasteiger partial charge in [-0.15, -0.1) is 0 Å². The molecular formula is C26H34N2O5. The molecule has 3 N–H and O–H groups in total. The quantitative estimate of drug-likeness (QED) is 0.528. The molecule has 1 aliphatic heterocycles. The van der Waals surface area contributed by atoms with E-state index >= 15 is 0 Å². The number of aliphatic carboxylic acids is 1. The third-order valence-corrected chi connectivity index (χ3v) is 6.42. The largest absolute Gasteiger partial charge is 0.478 e. The van der Waals surface area contributed by atoms with Crippen LogP contribution in [0.15, 0.2) is 42.5 Å². The first-order chi connectivity index (χ1) is 15.4. The molecule has 2 atom stereocenters. The molecule has 2 aromatic carbocycles. The average molecular weight is 455 g/mol. The number of benzene rings is 2. The predicted molar refractivity (Wildman–Crippen MR) is 126 cm³/mol. The number of aliphatic hydroxyl groups is 1. The lowest BCUT2D eigenvalue weighted by atomic mass is 9.92. The summed E-state index contributed by atoms with van der Waals surface area (Å²) in [5.74, 6) is -0.526. The fourth-order valence-corrected chi connectivity index (χ4v) is 4.01. The number of carboxylic acid groups (broad SMARTS) is 1. The highest BCUT2D eigenvalue weighted by atomic mass is 16.5. The molecule has 7 heteroatoms. The molecule has 2 unspecified atom stereocenters.